The first-order valence-electron chi connectivity index (χ1n) is 6.60. The molecule has 1 amide bonds. The minimum Gasteiger partial charge on any atom is -0.375 e. The van der Waals surface area contributed by atoms with Crippen molar-refractivity contribution in [3.63, 3.8) is 0 Å². The molecule has 23 heavy (non-hydrogen) atoms. The van der Waals surface area contributed by atoms with Crippen LogP contribution in [-0.2, 0) is 4.79 Å². The molecule has 0 unspecified atom stereocenters. The topological polar surface area (TPSA) is 84.3 Å². The summed E-state index contributed by atoms with van der Waals surface area (Å²) in [5.41, 5.74) is 2.01. The monoisotopic (exact) mass is 397 g/mol. The zero-order valence-corrected chi connectivity index (χ0v) is 14.4. The molecule has 0 saturated carbocycles. The van der Waals surface area contributed by atoms with Gasteiger partial charge in [0.2, 0.25) is 5.91 Å². The van der Waals surface area contributed by atoms with Crippen LogP contribution in [0.5, 0.6) is 0 Å². The zero-order chi connectivity index (χ0) is 17.0. The number of anilines is 2. The number of hydrogen-bond donors (Lipinski definition) is 2. The fourth-order valence-corrected chi connectivity index (χ4v) is 2.62. The fourth-order valence-electron chi connectivity index (χ4n) is 1.90. The Morgan fingerprint density at radius 2 is 1.96 bits per heavy atom. The molecule has 2 aromatic rings. The van der Waals surface area contributed by atoms with Gasteiger partial charge in [-0.05, 0) is 36.8 Å². The minimum atomic E-state index is -0.529. The van der Waals surface area contributed by atoms with Crippen LogP contribution in [0.2, 0.25) is 5.02 Å². The number of nitro groups is 1. The first-order chi connectivity index (χ1) is 10.9. The number of hydrogen-bond acceptors (Lipinski definition) is 4. The molecular weight excluding hydrogens is 386 g/mol. The molecule has 120 valence electrons. The highest BCUT2D eigenvalue weighted by molar-refractivity contribution is 9.10. The van der Waals surface area contributed by atoms with E-state index in [9.17, 15) is 14.9 Å². The molecule has 0 aliphatic rings. The maximum absolute atomic E-state index is 12.0. The van der Waals surface area contributed by atoms with Gasteiger partial charge in [-0.25, -0.2) is 0 Å². The Balaban J connectivity index is 1.98. The average Bonchev–Trinajstić information content (AvgIpc) is 2.48. The highest BCUT2D eigenvalue weighted by atomic mass is 79.9. The Morgan fingerprint density at radius 1 is 1.26 bits per heavy atom. The molecule has 6 nitrogen and oxygen atoms in total. The van der Waals surface area contributed by atoms with E-state index in [1.54, 1.807) is 6.07 Å². The predicted molar refractivity (Wildman–Crippen MR) is 94.1 cm³/mol. The molecule has 0 heterocycles. The maximum atomic E-state index is 12.0. The van der Waals surface area contributed by atoms with Gasteiger partial charge < -0.3 is 10.6 Å². The number of halogens is 2. The molecule has 0 atom stereocenters. The van der Waals surface area contributed by atoms with E-state index in [4.69, 9.17) is 11.6 Å². The molecular formula is C15H13BrClN3O3. The number of non-ortho nitro benzene ring substituents is 1. The second kappa shape index (κ2) is 7.43. The van der Waals surface area contributed by atoms with Crippen LogP contribution in [0.25, 0.3) is 0 Å². The van der Waals surface area contributed by atoms with Crippen molar-refractivity contribution in [3.8, 4) is 0 Å². The van der Waals surface area contributed by atoms with Gasteiger partial charge in [-0.3, -0.25) is 14.9 Å². The summed E-state index contributed by atoms with van der Waals surface area (Å²) < 4.78 is 0.934. The van der Waals surface area contributed by atoms with Gasteiger partial charge in [-0.1, -0.05) is 27.5 Å². The molecule has 0 spiro atoms. The van der Waals surface area contributed by atoms with Crippen molar-refractivity contribution in [1.82, 2.24) is 0 Å². The summed E-state index contributed by atoms with van der Waals surface area (Å²) in [5.74, 6) is -0.246. The molecule has 0 aliphatic heterocycles. The van der Waals surface area contributed by atoms with Crippen molar-refractivity contribution in [2.24, 2.45) is 0 Å². The largest absolute Gasteiger partial charge is 0.375 e. The minimum absolute atomic E-state index is 0.00691. The molecule has 0 aliphatic carbocycles. The Morgan fingerprint density at radius 3 is 2.57 bits per heavy atom. The van der Waals surface area contributed by atoms with Crippen molar-refractivity contribution in [3.05, 3.63) is 61.6 Å². The third-order valence-corrected chi connectivity index (χ3v) is 3.87. The van der Waals surface area contributed by atoms with Crippen LogP contribution >= 0.6 is 27.5 Å². The number of amides is 1. The number of carbonyl (C=O) groups excluding carboxylic acids is 1. The van der Waals surface area contributed by atoms with Crippen molar-refractivity contribution in [2.75, 3.05) is 17.2 Å². The summed E-state index contributed by atoms with van der Waals surface area (Å²) in [4.78, 5) is 22.1. The van der Waals surface area contributed by atoms with Gasteiger partial charge in [-0.2, -0.15) is 0 Å². The SMILES string of the molecule is Cc1cc(Br)ccc1NC(=O)CNc1ccc([N+](=O)[O-])cc1Cl. The summed E-state index contributed by atoms with van der Waals surface area (Å²) in [6.07, 6.45) is 0. The Kier molecular flexibility index (Phi) is 5.57. The van der Waals surface area contributed by atoms with E-state index in [1.807, 2.05) is 19.1 Å². The molecule has 2 aromatic carbocycles. The van der Waals surface area contributed by atoms with Crippen molar-refractivity contribution >= 4 is 50.5 Å². The molecule has 0 bridgehead atoms. The quantitative estimate of drug-likeness (QED) is 0.578. The smallest absolute Gasteiger partial charge is 0.271 e. The summed E-state index contributed by atoms with van der Waals surface area (Å²) in [7, 11) is 0. The van der Waals surface area contributed by atoms with Crippen molar-refractivity contribution in [1.29, 1.82) is 0 Å². The number of nitrogens with one attached hydrogen (secondary N) is 2. The number of nitrogens with zero attached hydrogens (tertiary/aromatic N) is 1. The predicted octanol–water partition coefficient (Wildman–Crippen LogP) is 4.37. The van der Waals surface area contributed by atoms with Crippen molar-refractivity contribution in [2.45, 2.75) is 6.92 Å². The summed E-state index contributed by atoms with van der Waals surface area (Å²) >= 11 is 9.32. The highest BCUT2D eigenvalue weighted by Crippen LogP contribution is 2.26. The van der Waals surface area contributed by atoms with Gasteiger partial charge >= 0.3 is 0 Å². The van der Waals surface area contributed by atoms with E-state index in [0.29, 0.717) is 5.69 Å². The maximum Gasteiger partial charge on any atom is 0.271 e. The zero-order valence-electron chi connectivity index (χ0n) is 12.1. The Bertz CT molecular complexity index is 768. The molecule has 0 radical (unpaired) electrons. The first kappa shape index (κ1) is 17.2. The second-order valence-electron chi connectivity index (χ2n) is 4.78. The van der Waals surface area contributed by atoms with Gasteiger partial charge in [-0.15, -0.1) is 0 Å². The normalized spacial score (nSPS) is 10.2. The first-order valence-corrected chi connectivity index (χ1v) is 7.77. The fraction of sp³-hybridized carbons (Fsp3) is 0.133. The van der Waals surface area contributed by atoms with E-state index < -0.39 is 4.92 Å². The van der Waals surface area contributed by atoms with Crippen LogP contribution in [0.3, 0.4) is 0 Å². The van der Waals surface area contributed by atoms with Gasteiger partial charge in [0.05, 0.1) is 22.2 Å². The van der Waals surface area contributed by atoms with E-state index >= 15 is 0 Å². The third-order valence-electron chi connectivity index (χ3n) is 3.07. The Hall–Kier alpha value is -2.12. The molecule has 0 fully saturated rings. The summed E-state index contributed by atoms with van der Waals surface area (Å²) in [6, 6.07) is 9.57. The average molecular weight is 399 g/mol. The molecule has 2 rings (SSSR count). The third kappa shape index (κ3) is 4.67. The molecule has 2 N–H and O–H groups in total. The number of carbonyl (C=O) groups is 1. The number of aryl methyl sites for hydroxylation is 1. The number of nitro benzene ring substituents is 1. The molecule has 0 saturated heterocycles. The highest BCUT2D eigenvalue weighted by Gasteiger charge is 2.11. The van der Waals surface area contributed by atoms with Crippen LogP contribution in [0.15, 0.2) is 40.9 Å². The van der Waals surface area contributed by atoms with Gasteiger partial charge in [0.15, 0.2) is 0 Å². The summed E-state index contributed by atoms with van der Waals surface area (Å²) in [6.45, 7) is 1.88. The Labute approximate surface area is 146 Å². The lowest BCUT2D eigenvalue weighted by molar-refractivity contribution is -0.384. The molecule has 0 aromatic heterocycles. The van der Waals surface area contributed by atoms with Gasteiger partial charge in [0.25, 0.3) is 5.69 Å². The summed E-state index contributed by atoms with van der Waals surface area (Å²) in [5, 5.41) is 16.5. The number of rotatable bonds is 5. The standard InChI is InChI=1S/C15H13BrClN3O3/c1-9-6-10(16)2-4-13(9)19-15(21)8-18-14-5-3-11(20(22)23)7-12(14)17/h2-7,18H,8H2,1H3,(H,19,21). The lowest BCUT2D eigenvalue weighted by Gasteiger charge is -2.11. The van der Waals surface area contributed by atoms with E-state index in [2.05, 4.69) is 26.6 Å². The van der Waals surface area contributed by atoms with Gasteiger partial charge in [0, 0.05) is 22.3 Å². The van der Waals surface area contributed by atoms with Crippen LogP contribution in [0.4, 0.5) is 17.1 Å². The lowest BCUT2D eigenvalue weighted by Crippen LogP contribution is -2.22. The number of benzene rings is 2. The van der Waals surface area contributed by atoms with Gasteiger partial charge in [0.1, 0.15) is 0 Å². The second-order valence-corrected chi connectivity index (χ2v) is 6.11. The van der Waals surface area contributed by atoms with Crippen LogP contribution in [0, 0.1) is 17.0 Å². The van der Waals surface area contributed by atoms with E-state index in [1.165, 1.54) is 18.2 Å². The van der Waals surface area contributed by atoms with E-state index in [-0.39, 0.29) is 23.2 Å². The molecule has 8 heteroatoms. The van der Waals surface area contributed by atoms with Crippen LogP contribution in [-0.4, -0.2) is 17.4 Å². The van der Waals surface area contributed by atoms with E-state index in [0.717, 1.165) is 15.7 Å². The van der Waals surface area contributed by atoms with Crippen LogP contribution in [0.1, 0.15) is 5.56 Å². The lowest BCUT2D eigenvalue weighted by atomic mass is 10.2. The van der Waals surface area contributed by atoms with Crippen molar-refractivity contribution < 1.29 is 9.72 Å². The van der Waals surface area contributed by atoms with Crippen LogP contribution < -0.4 is 10.6 Å².